The molecule has 1 aliphatic rings. The Kier molecular flexibility index (Phi) is 6.96. The van der Waals surface area contributed by atoms with Crippen LogP contribution in [-0.4, -0.2) is 49.3 Å². The van der Waals surface area contributed by atoms with Gasteiger partial charge >= 0.3 is 5.97 Å². The highest BCUT2D eigenvalue weighted by Gasteiger charge is 2.30. The summed E-state index contributed by atoms with van der Waals surface area (Å²) in [5, 5.41) is 8.98. The van der Waals surface area contributed by atoms with Crippen molar-refractivity contribution in [1.29, 1.82) is 0 Å². The van der Waals surface area contributed by atoms with Crippen LogP contribution in [0.2, 0.25) is 0 Å². The highest BCUT2D eigenvalue weighted by Crippen LogP contribution is 2.39. The van der Waals surface area contributed by atoms with Crippen LogP contribution < -0.4 is 0 Å². The maximum absolute atomic E-state index is 10.9. The fourth-order valence-electron chi connectivity index (χ4n) is 3.22. The van der Waals surface area contributed by atoms with Crippen LogP contribution in [0, 0.1) is 17.3 Å². The standard InChI is InChI=1S/C16H31NO3/c1-16(2,3)14-7-5-13(6-8-14)11-17(9-10-20-4)12-15(18)19/h13-14H,5-12H2,1-4H3,(H,18,19). The van der Waals surface area contributed by atoms with E-state index < -0.39 is 5.97 Å². The number of hydrogen-bond donors (Lipinski definition) is 1. The van der Waals surface area contributed by atoms with Crippen molar-refractivity contribution >= 4 is 5.97 Å². The number of methoxy groups -OCH3 is 1. The molecule has 0 aromatic rings. The lowest BCUT2D eigenvalue weighted by Gasteiger charge is -2.38. The quantitative estimate of drug-likeness (QED) is 0.781. The molecule has 1 N–H and O–H groups in total. The normalized spacial score (nSPS) is 24.1. The number of carboxylic acid groups (broad SMARTS) is 1. The van der Waals surface area contributed by atoms with Gasteiger partial charge in [-0.15, -0.1) is 0 Å². The van der Waals surface area contributed by atoms with E-state index in [2.05, 4.69) is 20.8 Å². The van der Waals surface area contributed by atoms with E-state index in [9.17, 15) is 4.79 Å². The second-order valence-corrected chi connectivity index (χ2v) is 7.21. The van der Waals surface area contributed by atoms with E-state index in [0.29, 0.717) is 24.5 Å². The predicted molar refractivity (Wildman–Crippen MR) is 80.9 cm³/mol. The first-order valence-corrected chi connectivity index (χ1v) is 7.76. The third-order valence-electron chi connectivity index (χ3n) is 4.56. The summed E-state index contributed by atoms with van der Waals surface area (Å²) in [4.78, 5) is 12.9. The van der Waals surface area contributed by atoms with Crippen LogP contribution >= 0.6 is 0 Å². The Labute approximate surface area is 123 Å². The Morgan fingerprint density at radius 2 is 1.85 bits per heavy atom. The van der Waals surface area contributed by atoms with Gasteiger partial charge in [-0.25, -0.2) is 0 Å². The average Bonchev–Trinajstić information content (AvgIpc) is 2.35. The van der Waals surface area contributed by atoms with Gasteiger partial charge in [-0.1, -0.05) is 20.8 Å². The molecule has 1 rings (SSSR count). The summed E-state index contributed by atoms with van der Waals surface area (Å²) in [5.74, 6) is 0.708. The number of carboxylic acids is 1. The molecule has 1 aliphatic carbocycles. The monoisotopic (exact) mass is 285 g/mol. The van der Waals surface area contributed by atoms with Crippen molar-refractivity contribution < 1.29 is 14.6 Å². The maximum Gasteiger partial charge on any atom is 0.317 e. The number of carbonyl (C=O) groups is 1. The van der Waals surface area contributed by atoms with E-state index in [-0.39, 0.29) is 6.54 Å². The molecule has 1 fully saturated rings. The Morgan fingerprint density at radius 1 is 1.25 bits per heavy atom. The molecule has 0 amide bonds. The van der Waals surface area contributed by atoms with Gasteiger partial charge in [0.25, 0.3) is 0 Å². The van der Waals surface area contributed by atoms with Gasteiger partial charge in [0.15, 0.2) is 0 Å². The van der Waals surface area contributed by atoms with Gasteiger partial charge in [0.2, 0.25) is 0 Å². The predicted octanol–water partition coefficient (Wildman–Crippen LogP) is 2.87. The summed E-state index contributed by atoms with van der Waals surface area (Å²) >= 11 is 0. The van der Waals surface area contributed by atoms with Crippen LogP contribution in [0.4, 0.5) is 0 Å². The average molecular weight is 285 g/mol. The van der Waals surface area contributed by atoms with Crippen molar-refractivity contribution in [3.05, 3.63) is 0 Å². The van der Waals surface area contributed by atoms with Gasteiger partial charge in [0.05, 0.1) is 13.2 Å². The van der Waals surface area contributed by atoms with E-state index in [1.54, 1.807) is 7.11 Å². The molecule has 4 nitrogen and oxygen atoms in total. The molecule has 1 saturated carbocycles. The summed E-state index contributed by atoms with van der Waals surface area (Å²) in [6.07, 6.45) is 5.01. The number of rotatable bonds is 7. The molecular weight excluding hydrogens is 254 g/mol. The zero-order valence-corrected chi connectivity index (χ0v) is 13.5. The zero-order chi connectivity index (χ0) is 15.2. The Bertz CT molecular complexity index is 291. The van der Waals surface area contributed by atoms with Crippen molar-refractivity contribution in [2.45, 2.75) is 46.5 Å². The van der Waals surface area contributed by atoms with Crippen LogP contribution in [0.1, 0.15) is 46.5 Å². The van der Waals surface area contributed by atoms with E-state index >= 15 is 0 Å². The smallest absolute Gasteiger partial charge is 0.317 e. The first-order valence-electron chi connectivity index (χ1n) is 7.76. The minimum Gasteiger partial charge on any atom is -0.480 e. The second kappa shape index (κ2) is 7.99. The van der Waals surface area contributed by atoms with Gasteiger partial charge < -0.3 is 9.84 Å². The molecule has 118 valence electrons. The topological polar surface area (TPSA) is 49.8 Å². The third-order valence-corrected chi connectivity index (χ3v) is 4.56. The number of ether oxygens (including phenoxy) is 1. The summed E-state index contributed by atoms with van der Waals surface area (Å²) in [5.41, 5.74) is 0.405. The van der Waals surface area contributed by atoms with Crippen molar-refractivity contribution in [3.8, 4) is 0 Å². The molecule has 0 spiro atoms. The Balaban J connectivity index is 2.40. The molecule has 0 radical (unpaired) electrons. The third kappa shape index (κ3) is 6.23. The van der Waals surface area contributed by atoms with Crippen LogP contribution in [0.15, 0.2) is 0 Å². The van der Waals surface area contributed by atoms with Gasteiger partial charge in [0.1, 0.15) is 0 Å². The summed E-state index contributed by atoms with van der Waals surface area (Å²) in [6, 6.07) is 0. The fourth-order valence-corrected chi connectivity index (χ4v) is 3.22. The first kappa shape index (κ1) is 17.4. The molecule has 0 aliphatic heterocycles. The highest BCUT2D eigenvalue weighted by atomic mass is 16.5. The van der Waals surface area contributed by atoms with Crippen molar-refractivity contribution in [2.75, 3.05) is 33.4 Å². The van der Waals surface area contributed by atoms with Crippen LogP contribution in [0.25, 0.3) is 0 Å². The first-order chi connectivity index (χ1) is 9.32. The molecule has 4 heteroatoms. The molecular formula is C16H31NO3. The zero-order valence-electron chi connectivity index (χ0n) is 13.5. The minimum atomic E-state index is -0.746. The van der Waals surface area contributed by atoms with Crippen LogP contribution in [0.3, 0.4) is 0 Å². The van der Waals surface area contributed by atoms with Gasteiger partial charge in [-0.3, -0.25) is 9.69 Å². The van der Waals surface area contributed by atoms with Crippen molar-refractivity contribution in [2.24, 2.45) is 17.3 Å². The van der Waals surface area contributed by atoms with Crippen molar-refractivity contribution in [3.63, 3.8) is 0 Å². The lowest BCUT2D eigenvalue weighted by atomic mass is 9.70. The lowest BCUT2D eigenvalue weighted by Crippen LogP contribution is -2.38. The Hall–Kier alpha value is -0.610. The van der Waals surface area contributed by atoms with E-state index in [1.807, 2.05) is 4.90 Å². The fraction of sp³-hybridized carbons (Fsp3) is 0.938. The number of hydrogen-bond acceptors (Lipinski definition) is 3. The lowest BCUT2D eigenvalue weighted by molar-refractivity contribution is -0.138. The largest absolute Gasteiger partial charge is 0.480 e. The van der Waals surface area contributed by atoms with E-state index in [0.717, 1.165) is 12.5 Å². The molecule has 0 bridgehead atoms. The molecule has 0 unspecified atom stereocenters. The summed E-state index contributed by atoms with van der Waals surface area (Å²) < 4.78 is 5.07. The van der Waals surface area contributed by atoms with Crippen molar-refractivity contribution in [1.82, 2.24) is 4.90 Å². The molecule has 0 aromatic carbocycles. The summed E-state index contributed by atoms with van der Waals surface area (Å²) in [6.45, 7) is 9.32. The maximum atomic E-state index is 10.9. The molecule has 0 atom stereocenters. The van der Waals surface area contributed by atoms with Gasteiger partial charge in [-0.05, 0) is 42.9 Å². The van der Waals surface area contributed by atoms with Gasteiger partial charge in [-0.2, -0.15) is 0 Å². The number of aliphatic carboxylic acids is 1. The summed E-state index contributed by atoms with van der Waals surface area (Å²) in [7, 11) is 1.66. The highest BCUT2D eigenvalue weighted by molar-refractivity contribution is 5.69. The second-order valence-electron chi connectivity index (χ2n) is 7.21. The van der Waals surface area contributed by atoms with Crippen LogP contribution in [-0.2, 0) is 9.53 Å². The molecule has 0 heterocycles. The SMILES string of the molecule is COCCN(CC(=O)O)CC1CCC(C(C)(C)C)CC1. The van der Waals surface area contributed by atoms with Crippen LogP contribution in [0.5, 0.6) is 0 Å². The number of nitrogens with zero attached hydrogens (tertiary/aromatic N) is 1. The van der Waals surface area contributed by atoms with E-state index in [1.165, 1.54) is 25.7 Å². The van der Waals surface area contributed by atoms with E-state index in [4.69, 9.17) is 9.84 Å². The van der Waals surface area contributed by atoms with Gasteiger partial charge in [0, 0.05) is 20.2 Å². The Morgan fingerprint density at radius 3 is 2.30 bits per heavy atom. The molecule has 0 aromatic heterocycles. The molecule has 20 heavy (non-hydrogen) atoms. The molecule has 0 saturated heterocycles. The minimum absolute atomic E-state index is 0.128.